The average Bonchev–Trinajstić information content (AvgIpc) is 3.37. The minimum atomic E-state index is -1.11. The highest BCUT2D eigenvalue weighted by Crippen LogP contribution is 2.33. The number of carbonyl (C=O) groups is 1. The maximum Gasteiger partial charge on any atom is 0.342 e. The summed E-state index contributed by atoms with van der Waals surface area (Å²) >= 11 is 4.39. The standard InChI is InChI=1S/C27H24BrN3O5S/c1-16-4-6-17(7-5-16)15-36-23-9-8-20(28)10-18(23)13-24(26(32)33)37-27-29-25(30-31-27)19-11-21(34-2)14-22(12-19)35-3/h4-14H,15H2,1-3H3,(H,32,33)(H,29,30,31)/b24-13-. The number of methoxy groups -OCH3 is 2. The maximum absolute atomic E-state index is 12.1. The summed E-state index contributed by atoms with van der Waals surface area (Å²) in [6.07, 6.45) is 1.55. The van der Waals surface area contributed by atoms with Gasteiger partial charge >= 0.3 is 5.97 Å². The van der Waals surface area contributed by atoms with Gasteiger partial charge in [-0.15, -0.1) is 5.10 Å². The van der Waals surface area contributed by atoms with Gasteiger partial charge in [-0.05, 0) is 60.7 Å². The van der Waals surface area contributed by atoms with Crippen LogP contribution in [0.15, 0.2) is 75.2 Å². The van der Waals surface area contributed by atoms with Gasteiger partial charge in [-0.25, -0.2) is 9.78 Å². The Bertz CT molecular complexity index is 1410. The van der Waals surface area contributed by atoms with Gasteiger partial charge in [0.1, 0.15) is 28.8 Å². The number of nitrogens with one attached hydrogen (secondary N) is 1. The second kappa shape index (κ2) is 12.0. The van der Waals surface area contributed by atoms with Crippen molar-refractivity contribution in [2.24, 2.45) is 0 Å². The zero-order chi connectivity index (χ0) is 26.4. The first kappa shape index (κ1) is 26.3. The fourth-order valence-electron chi connectivity index (χ4n) is 3.35. The molecule has 37 heavy (non-hydrogen) atoms. The van der Waals surface area contributed by atoms with E-state index in [-0.39, 0.29) is 10.1 Å². The summed E-state index contributed by atoms with van der Waals surface area (Å²) in [5.74, 6) is 1.10. The molecular formula is C27H24BrN3O5S. The Morgan fingerprint density at radius 2 is 1.76 bits per heavy atom. The molecule has 0 unspecified atom stereocenters. The number of halogens is 1. The molecule has 0 aliphatic heterocycles. The highest BCUT2D eigenvalue weighted by molar-refractivity contribution is 9.10. The lowest BCUT2D eigenvalue weighted by molar-refractivity contribution is -0.131. The molecule has 1 aromatic heterocycles. The van der Waals surface area contributed by atoms with E-state index in [0.29, 0.717) is 40.8 Å². The van der Waals surface area contributed by atoms with Crippen molar-refractivity contribution in [2.45, 2.75) is 18.7 Å². The Labute approximate surface area is 226 Å². The van der Waals surface area contributed by atoms with E-state index in [1.54, 1.807) is 50.6 Å². The summed E-state index contributed by atoms with van der Waals surface area (Å²) in [5.41, 5.74) is 3.48. The predicted molar refractivity (Wildman–Crippen MR) is 146 cm³/mol. The Hall–Kier alpha value is -3.76. The third-order valence-electron chi connectivity index (χ3n) is 5.28. The van der Waals surface area contributed by atoms with E-state index < -0.39 is 5.97 Å². The Morgan fingerprint density at radius 3 is 2.41 bits per heavy atom. The van der Waals surface area contributed by atoms with Crippen LogP contribution in [0.2, 0.25) is 0 Å². The highest BCUT2D eigenvalue weighted by Gasteiger charge is 2.17. The molecule has 190 valence electrons. The topological polar surface area (TPSA) is 107 Å². The molecule has 0 spiro atoms. The minimum Gasteiger partial charge on any atom is -0.497 e. The number of thioether (sulfide) groups is 1. The monoisotopic (exact) mass is 581 g/mol. The van der Waals surface area contributed by atoms with Crippen LogP contribution in [0, 0.1) is 6.92 Å². The summed E-state index contributed by atoms with van der Waals surface area (Å²) in [7, 11) is 3.12. The van der Waals surface area contributed by atoms with Crippen LogP contribution in [-0.2, 0) is 11.4 Å². The van der Waals surface area contributed by atoms with Gasteiger partial charge < -0.3 is 19.3 Å². The molecule has 2 N–H and O–H groups in total. The van der Waals surface area contributed by atoms with Gasteiger partial charge in [0.05, 0.1) is 14.2 Å². The Balaban J connectivity index is 1.58. The molecule has 8 nitrogen and oxygen atoms in total. The molecule has 0 amide bonds. The lowest BCUT2D eigenvalue weighted by atomic mass is 10.1. The average molecular weight is 582 g/mol. The van der Waals surface area contributed by atoms with Gasteiger partial charge in [0.15, 0.2) is 5.82 Å². The first-order valence-electron chi connectivity index (χ1n) is 11.1. The predicted octanol–water partition coefficient (Wildman–Crippen LogP) is 6.36. The molecular weight excluding hydrogens is 558 g/mol. The van der Waals surface area contributed by atoms with Gasteiger partial charge in [-0.3, -0.25) is 5.10 Å². The van der Waals surface area contributed by atoms with Gasteiger partial charge in [0.25, 0.3) is 0 Å². The normalized spacial score (nSPS) is 11.3. The summed E-state index contributed by atoms with van der Waals surface area (Å²) in [5, 5.41) is 17.2. The lowest BCUT2D eigenvalue weighted by Crippen LogP contribution is -2.00. The van der Waals surface area contributed by atoms with Gasteiger partial charge in [0.2, 0.25) is 5.16 Å². The van der Waals surface area contributed by atoms with Crippen molar-refractivity contribution in [3.8, 4) is 28.6 Å². The molecule has 0 radical (unpaired) electrons. The number of rotatable bonds is 10. The molecule has 0 atom stereocenters. The van der Waals surface area contributed by atoms with Crippen molar-refractivity contribution in [1.29, 1.82) is 0 Å². The summed E-state index contributed by atoms with van der Waals surface area (Å²) in [6.45, 7) is 2.38. The number of ether oxygens (including phenoxy) is 3. The fraction of sp³-hybridized carbons (Fsp3) is 0.148. The van der Waals surface area contributed by atoms with E-state index in [1.165, 1.54) is 5.56 Å². The molecule has 0 aliphatic rings. The molecule has 0 fully saturated rings. The number of aromatic nitrogens is 3. The number of carboxylic acids is 1. The van der Waals surface area contributed by atoms with E-state index in [4.69, 9.17) is 14.2 Å². The van der Waals surface area contributed by atoms with Crippen LogP contribution in [0.1, 0.15) is 16.7 Å². The number of aliphatic carboxylic acids is 1. The summed E-state index contributed by atoms with van der Waals surface area (Å²) in [6, 6.07) is 18.8. The third-order valence-corrected chi connectivity index (χ3v) is 6.65. The number of aromatic amines is 1. The Kier molecular flexibility index (Phi) is 8.52. The molecule has 0 bridgehead atoms. The van der Waals surface area contributed by atoms with Crippen molar-refractivity contribution in [1.82, 2.24) is 15.2 Å². The number of hydrogen-bond acceptors (Lipinski definition) is 7. The van der Waals surface area contributed by atoms with Crippen molar-refractivity contribution in [3.63, 3.8) is 0 Å². The number of H-pyrrole nitrogens is 1. The highest BCUT2D eigenvalue weighted by atomic mass is 79.9. The quantitative estimate of drug-likeness (QED) is 0.165. The van der Waals surface area contributed by atoms with Crippen LogP contribution in [-0.4, -0.2) is 40.5 Å². The Morgan fingerprint density at radius 1 is 1.05 bits per heavy atom. The van der Waals surface area contributed by atoms with Crippen LogP contribution in [0.4, 0.5) is 0 Å². The molecule has 0 saturated carbocycles. The lowest BCUT2D eigenvalue weighted by Gasteiger charge is -2.11. The van der Waals surface area contributed by atoms with Crippen molar-refractivity contribution in [3.05, 3.63) is 86.7 Å². The van der Waals surface area contributed by atoms with Crippen LogP contribution in [0.5, 0.6) is 17.2 Å². The second-order valence-corrected chi connectivity index (χ2v) is 9.86. The first-order valence-corrected chi connectivity index (χ1v) is 12.7. The molecule has 4 rings (SSSR count). The molecule has 4 aromatic rings. The number of carboxylic acid groups (broad SMARTS) is 1. The smallest absolute Gasteiger partial charge is 0.342 e. The number of benzene rings is 3. The third kappa shape index (κ3) is 6.93. The zero-order valence-corrected chi connectivity index (χ0v) is 22.7. The van der Waals surface area contributed by atoms with Crippen molar-refractivity contribution < 1.29 is 24.1 Å². The largest absolute Gasteiger partial charge is 0.497 e. The van der Waals surface area contributed by atoms with E-state index >= 15 is 0 Å². The molecule has 0 aliphatic carbocycles. The van der Waals surface area contributed by atoms with Crippen molar-refractivity contribution in [2.75, 3.05) is 14.2 Å². The zero-order valence-electron chi connectivity index (χ0n) is 20.3. The minimum absolute atomic E-state index is 0.0343. The number of aryl methyl sites for hydroxylation is 1. The summed E-state index contributed by atoms with van der Waals surface area (Å²) < 4.78 is 17.4. The van der Waals surface area contributed by atoms with Gasteiger partial charge in [-0.2, -0.15) is 0 Å². The first-order chi connectivity index (χ1) is 17.8. The van der Waals surface area contributed by atoms with Gasteiger partial charge in [0, 0.05) is 21.7 Å². The van der Waals surface area contributed by atoms with Crippen LogP contribution in [0.3, 0.4) is 0 Å². The van der Waals surface area contributed by atoms with E-state index in [9.17, 15) is 9.90 Å². The summed E-state index contributed by atoms with van der Waals surface area (Å²) in [4.78, 5) is 16.6. The van der Waals surface area contributed by atoms with E-state index in [2.05, 4.69) is 31.1 Å². The fourth-order valence-corrected chi connectivity index (χ4v) is 4.43. The molecule has 1 heterocycles. The maximum atomic E-state index is 12.1. The van der Waals surface area contributed by atoms with Crippen LogP contribution >= 0.6 is 27.7 Å². The van der Waals surface area contributed by atoms with Gasteiger partial charge in [-0.1, -0.05) is 45.8 Å². The van der Waals surface area contributed by atoms with Crippen LogP contribution < -0.4 is 14.2 Å². The molecule has 0 saturated heterocycles. The van der Waals surface area contributed by atoms with Crippen molar-refractivity contribution >= 4 is 39.7 Å². The second-order valence-electron chi connectivity index (χ2n) is 7.94. The number of hydrogen-bond donors (Lipinski definition) is 2. The molecule has 10 heteroatoms. The SMILES string of the molecule is COc1cc(OC)cc(-c2nc(S/C(=C\c3cc(Br)ccc3OCc3ccc(C)cc3)C(=O)O)n[nH]2)c1. The van der Waals surface area contributed by atoms with E-state index in [0.717, 1.165) is 21.8 Å². The van der Waals surface area contributed by atoms with E-state index in [1.807, 2.05) is 37.3 Å². The molecule has 3 aromatic carbocycles. The van der Waals surface area contributed by atoms with Crippen LogP contribution in [0.25, 0.3) is 17.5 Å². The number of nitrogens with zero attached hydrogens (tertiary/aromatic N) is 2.